The summed E-state index contributed by atoms with van der Waals surface area (Å²) in [6.07, 6.45) is 5.69. The van der Waals surface area contributed by atoms with Crippen molar-refractivity contribution in [1.82, 2.24) is 0 Å². The van der Waals surface area contributed by atoms with Crippen molar-refractivity contribution in [1.29, 1.82) is 0 Å². The van der Waals surface area contributed by atoms with Crippen LogP contribution in [0.5, 0.6) is 0 Å². The van der Waals surface area contributed by atoms with Crippen LogP contribution in [0.25, 0.3) is 0 Å². The van der Waals surface area contributed by atoms with Gasteiger partial charge in [0.25, 0.3) is 0 Å². The molecule has 0 amide bonds. The Bertz CT molecular complexity index is 439. The first kappa shape index (κ1) is 19.1. The van der Waals surface area contributed by atoms with Crippen LogP contribution in [0.4, 0.5) is 0 Å². The molecule has 134 valence electrons. The molecule has 0 unspecified atom stereocenters. The summed E-state index contributed by atoms with van der Waals surface area (Å²) >= 11 is 0. The van der Waals surface area contributed by atoms with Crippen molar-refractivity contribution in [3.05, 3.63) is 12.2 Å². The predicted molar refractivity (Wildman–Crippen MR) is 94.8 cm³/mol. The molecule has 2 saturated heterocycles. The molecule has 0 aliphatic carbocycles. The van der Waals surface area contributed by atoms with E-state index >= 15 is 0 Å². The average Bonchev–Trinajstić information content (AvgIpc) is 2.84. The van der Waals surface area contributed by atoms with E-state index in [0.717, 1.165) is 12.8 Å². The van der Waals surface area contributed by atoms with Crippen LogP contribution in [0.1, 0.15) is 54.4 Å². The third kappa shape index (κ3) is 4.26. The van der Waals surface area contributed by atoms with Gasteiger partial charge in [-0.05, 0) is 44.8 Å². The van der Waals surface area contributed by atoms with Gasteiger partial charge in [0.2, 0.25) is 0 Å². The smallest absolute Gasteiger partial charge is 0.195 e. The summed E-state index contributed by atoms with van der Waals surface area (Å²) in [4.78, 5) is 0. The number of ether oxygens (including phenoxy) is 3. The molecule has 0 aromatic rings. The van der Waals surface area contributed by atoms with E-state index in [1.165, 1.54) is 0 Å². The van der Waals surface area contributed by atoms with Gasteiger partial charge in [-0.15, -0.1) is 0 Å². The molecule has 0 spiro atoms. The van der Waals surface area contributed by atoms with Crippen molar-refractivity contribution in [2.45, 2.75) is 103 Å². The molecule has 0 aromatic heterocycles. The molecule has 0 radical (unpaired) electrons. The molecule has 0 aromatic carbocycles. The van der Waals surface area contributed by atoms with Crippen molar-refractivity contribution in [2.24, 2.45) is 0 Å². The number of hydrogen-bond donors (Lipinski definition) is 0. The van der Waals surface area contributed by atoms with E-state index in [1.807, 2.05) is 13.8 Å². The highest BCUT2D eigenvalue weighted by Gasteiger charge is 2.57. The number of rotatable bonds is 5. The van der Waals surface area contributed by atoms with E-state index < -0.39 is 14.1 Å². The van der Waals surface area contributed by atoms with E-state index in [-0.39, 0.29) is 29.6 Å². The van der Waals surface area contributed by atoms with E-state index in [0.29, 0.717) is 0 Å². The Labute approximate surface area is 142 Å². The normalized spacial score (nSPS) is 34.3. The second-order valence-corrected chi connectivity index (χ2v) is 13.4. The average molecular weight is 343 g/mol. The van der Waals surface area contributed by atoms with Gasteiger partial charge in [0.1, 0.15) is 12.2 Å². The maximum atomic E-state index is 6.49. The lowest BCUT2D eigenvalue weighted by Crippen LogP contribution is -2.47. The molecule has 2 aliphatic rings. The number of hydrogen-bond acceptors (Lipinski definition) is 4. The van der Waals surface area contributed by atoms with Gasteiger partial charge in [-0.3, -0.25) is 0 Å². The number of allylic oxidation sites excluding steroid dienone is 1. The van der Waals surface area contributed by atoms with Gasteiger partial charge in [0, 0.05) is 0 Å². The zero-order chi connectivity index (χ0) is 17.5. The quantitative estimate of drug-likeness (QED) is 0.540. The van der Waals surface area contributed by atoms with E-state index in [9.17, 15) is 0 Å². The van der Waals surface area contributed by atoms with Gasteiger partial charge in [-0.1, -0.05) is 39.8 Å². The van der Waals surface area contributed by atoms with Crippen molar-refractivity contribution in [2.75, 3.05) is 0 Å². The largest absolute Gasteiger partial charge is 0.390 e. The van der Waals surface area contributed by atoms with Gasteiger partial charge in [-0.2, -0.15) is 0 Å². The summed E-state index contributed by atoms with van der Waals surface area (Å²) < 4.78 is 24.9. The topological polar surface area (TPSA) is 36.9 Å². The van der Waals surface area contributed by atoms with E-state index in [1.54, 1.807) is 0 Å². The molecule has 0 bridgehead atoms. The minimum atomic E-state index is -1.92. The molecule has 23 heavy (non-hydrogen) atoms. The highest BCUT2D eigenvalue weighted by molar-refractivity contribution is 6.74. The predicted octanol–water partition coefficient (Wildman–Crippen LogP) is 4.61. The van der Waals surface area contributed by atoms with Gasteiger partial charge in [-0.25, -0.2) is 0 Å². The molecule has 2 aliphatic heterocycles. The summed E-state index contributed by atoms with van der Waals surface area (Å²) in [5.41, 5.74) is 0. The fourth-order valence-electron chi connectivity index (χ4n) is 2.79. The fraction of sp³-hybridized carbons (Fsp3) is 0.889. The lowest BCUT2D eigenvalue weighted by atomic mass is 10.1. The molecule has 5 heteroatoms. The highest BCUT2D eigenvalue weighted by Crippen LogP contribution is 2.44. The lowest BCUT2D eigenvalue weighted by Gasteiger charge is -2.39. The van der Waals surface area contributed by atoms with Crippen LogP contribution < -0.4 is 0 Å². The Kier molecular flexibility index (Phi) is 5.49. The van der Waals surface area contributed by atoms with Gasteiger partial charge in [0.15, 0.2) is 20.4 Å². The van der Waals surface area contributed by atoms with Crippen molar-refractivity contribution in [3.63, 3.8) is 0 Å². The molecule has 2 heterocycles. The molecule has 4 atom stereocenters. The lowest BCUT2D eigenvalue weighted by molar-refractivity contribution is -0.215. The monoisotopic (exact) mass is 342 g/mol. The van der Waals surface area contributed by atoms with E-state index in [4.69, 9.17) is 18.6 Å². The second kappa shape index (κ2) is 6.60. The first-order valence-electron chi connectivity index (χ1n) is 8.81. The molecule has 2 fully saturated rings. The zero-order valence-corrected chi connectivity index (χ0v) is 17.0. The van der Waals surface area contributed by atoms with Crippen LogP contribution in [-0.2, 0) is 18.6 Å². The van der Waals surface area contributed by atoms with Gasteiger partial charge < -0.3 is 18.6 Å². The van der Waals surface area contributed by atoms with Crippen molar-refractivity contribution < 1.29 is 18.6 Å². The standard InChI is InChI=1S/C18H34O4Si/c1-9-10-11-12-13-14-15(21-18(5,6)20-14)16(19-13)22-23(7,8)17(2,3)4/h10-11,13-16H,9,12H2,1-8H3/b11-10-/t13-,14-,15-,16+/m0/s1. The molecule has 0 N–H and O–H groups in total. The summed E-state index contributed by atoms with van der Waals surface area (Å²) in [6.45, 7) is 17.3. The highest BCUT2D eigenvalue weighted by atomic mass is 28.4. The summed E-state index contributed by atoms with van der Waals surface area (Å²) in [5, 5.41) is 0.140. The molecule has 0 saturated carbocycles. The Morgan fingerprint density at radius 1 is 1.09 bits per heavy atom. The van der Waals surface area contributed by atoms with Crippen LogP contribution >= 0.6 is 0 Å². The molecule has 2 rings (SSSR count). The molecular weight excluding hydrogens is 308 g/mol. The van der Waals surface area contributed by atoms with Gasteiger partial charge in [0.05, 0.1) is 6.10 Å². The Balaban J connectivity index is 2.13. The van der Waals surface area contributed by atoms with Crippen molar-refractivity contribution >= 4 is 8.32 Å². The van der Waals surface area contributed by atoms with E-state index in [2.05, 4.69) is 52.9 Å². The maximum absolute atomic E-state index is 6.49. The van der Waals surface area contributed by atoms with Crippen LogP contribution in [-0.4, -0.2) is 38.7 Å². The summed E-state index contributed by atoms with van der Waals surface area (Å²) in [5.74, 6) is -0.569. The van der Waals surface area contributed by atoms with Crippen molar-refractivity contribution in [3.8, 4) is 0 Å². The van der Waals surface area contributed by atoms with Crippen LogP contribution in [0.2, 0.25) is 18.1 Å². The second-order valence-electron chi connectivity index (χ2n) is 8.60. The first-order valence-corrected chi connectivity index (χ1v) is 11.7. The number of fused-ring (bicyclic) bond motifs is 1. The molecule has 4 nitrogen and oxygen atoms in total. The maximum Gasteiger partial charge on any atom is 0.195 e. The van der Waals surface area contributed by atoms with Gasteiger partial charge >= 0.3 is 0 Å². The van der Waals surface area contributed by atoms with Crippen LogP contribution in [0.15, 0.2) is 12.2 Å². The Morgan fingerprint density at radius 2 is 1.70 bits per heavy atom. The first-order chi connectivity index (χ1) is 10.5. The molecular formula is C18H34O4Si. The van der Waals surface area contributed by atoms with Crippen LogP contribution in [0.3, 0.4) is 0 Å². The Morgan fingerprint density at radius 3 is 2.26 bits per heavy atom. The summed E-state index contributed by atoms with van der Waals surface area (Å²) in [7, 11) is -1.92. The minimum Gasteiger partial charge on any atom is -0.390 e. The minimum absolute atomic E-state index is 0.000608. The zero-order valence-electron chi connectivity index (χ0n) is 16.0. The fourth-order valence-corrected chi connectivity index (χ4v) is 3.92. The van der Waals surface area contributed by atoms with Crippen LogP contribution in [0, 0.1) is 0 Å². The SMILES string of the molecule is CC/C=C\C[C@@H]1O[C@H](O[Si](C)(C)C(C)(C)C)[C@H]2OC(C)(C)O[C@H]21. The third-order valence-electron chi connectivity index (χ3n) is 5.09. The third-order valence-corrected chi connectivity index (χ3v) is 9.53. The summed E-state index contributed by atoms with van der Waals surface area (Å²) in [6, 6.07) is 0. The Hall–Kier alpha value is -0.203.